The van der Waals surface area contributed by atoms with E-state index in [9.17, 15) is 9.90 Å². The SMILES string of the molecule is COc1cc(-c2noc(COc3ccc(C4CCN(C(=O)O)CC4OCc4cc(OC)c5ccccc5c4OC)cc3)n2)cc(OC)c1OC. The monoisotopic (exact) mass is 685 g/mol. The van der Waals surface area contributed by atoms with Gasteiger partial charge in [0, 0.05) is 34.4 Å². The molecule has 5 aromatic rings. The van der Waals surface area contributed by atoms with E-state index in [-0.39, 0.29) is 31.6 Å². The van der Waals surface area contributed by atoms with E-state index in [2.05, 4.69) is 10.1 Å². The number of carbonyl (C=O) groups is 1. The van der Waals surface area contributed by atoms with Gasteiger partial charge in [-0.1, -0.05) is 41.6 Å². The molecule has 1 aliphatic heterocycles. The van der Waals surface area contributed by atoms with Gasteiger partial charge in [-0.2, -0.15) is 4.98 Å². The van der Waals surface area contributed by atoms with Crippen LogP contribution in [-0.2, 0) is 18.0 Å². The van der Waals surface area contributed by atoms with Crippen molar-refractivity contribution in [2.24, 2.45) is 0 Å². The van der Waals surface area contributed by atoms with Gasteiger partial charge in [0.1, 0.15) is 17.2 Å². The van der Waals surface area contributed by atoms with Crippen molar-refractivity contribution in [1.82, 2.24) is 15.0 Å². The van der Waals surface area contributed by atoms with E-state index in [0.29, 0.717) is 58.9 Å². The van der Waals surface area contributed by atoms with Gasteiger partial charge in [-0.3, -0.25) is 0 Å². The second kappa shape index (κ2) is 15.2. The van der Waals surface area contributed by atoms with E-state index in [0.717, 1.165) is 21.9 Å². The molecule has 13 heteroatoms. The van der Waals surface area contributed by atoms with Crippen LogP contribution in [0.5, 0.6) is 34.5 Å². The summed E-state index contributed by atoms with van der Waals surface area (Å²) in [5.41, 5.74) is 2.45. The minimum atomic E-state index is -0.972. The molecular weight excluding hydrogens is 646 g/mol. The van der Waals surface area contributed by atoms with Crippen molar-refractivity contribution in [3.05, 3.63) is 83.7 Å². The topological polar surface area (TPSA) is 144 Å². The summed E-state index contributed by atoms with van der Waals surface area (Å²) in [7, 11) is 7.87. The van der Waals surface area contributed by atoms with E-state index in [1.165, 1.54) is 26.2 Å². The molecule has 2 unspecified atom stereocenters. The molecule has 1 aliphatic rings. The Hall–Kier alpha value is -5.69. The predicted molar refractivity (Wildman–Crippen MR) is 183 cm³/mol. The Kier molecular flexibility index (Phi) is 10.4. The fourth-order valence-electron chi connectivity index (χ4n) is 6.32. The van der Waals surface area contributed by atoms with Crippen LogP contribution in [0.4, 0.5) is 4.79 Å². The predicted octanol–water partition coefficient (Wildman–Crippen LogP) is 6.56. The van der Waals surface area contributed by atoms with Gasteiger partial charge >= 0.3 is 6.09 Å². The fraction of sp³-hybridized carbons (Fsp3) is 0.324. The van der Waals surface area contributed by atoms with E-state index in [1.807, 2.05) is 54.6 Å². The first-order valence-electron chi connectivity index (χ1n) is 15.9. The van der Waals surface area contributed by atoms with Crippen LogP contribution in [0.25, 0.3) is 22.2 Å². The van der Waals surface area contributed by atoms with Crippen molar-refractivity contribution in [2.45, 2.75) is 31.7 Å². The largest absolute Gasteiger partial charge is 0.496 e. The Bertz CT molecular complexity index is 1920. The Morgan fingerprint density at radius 2 is 1.52 bits per heavy atom. The number of aromatic nitrogens is 2. The molecule has 1 aromatic heterocycles. The van der Waals surface area contributed by atoms with Gasteiger partial charge in [-0.15, -0.1) is 0 Å². The summed E-state index contributed by atoms with van der Waals surface area (Å²) in [6.45, 7) is 0.895. The summed E-state index contributed by atoms with van der Waals surface area (Å²) in [5.74, 6) is 4.00. The van der Waals surface area contributed by atoms with E-state index in [1.54, 1.807) is 26.4 Å². The molecule has 1 fully saturated rings. The van der Waals surface area contributed by atoms with Gasteiger partial charge in [0.25, 0.3) is 5.89 Å². The third kappa shape index (κ3) is 7.03. The van der Waals surface area contributed by atoms with Crippen molar-refractivity contribution in [3.8, 4) is 45.9 Å². The van der Waals surface area contributed by atoms with Crippen LogP contribution in [0.2, 0.25) is 0 Å². The minimum Gasteiger partial charge on any atom is -0.496 e. The first-order valence-corrected chi connectivity index (χ1v) is 15.9. The summed E-state index contributed by atoms with van der Waals surface area (Å²) in [4.78, 5) is 17.8. The molecule has 0 saturated carbocycles. The zero-order chi connectivity index (χ0) is 35.2. The highest BCUT2D eigenvalue weighted by atomic mass is 16.5. The van der Waals surface area contributed by atoms with Gasteiger partial charge < -0.3 is 47.7 Å². The van der Waals surface area contributed by atoms with Crippen molar-refractivity contribution >= 4 is 16.9 Å². The molecule has 0 radical (unpaired) electrons. The number of nitrogens with zero attached hydrogens (tertiary/aromatic N) is 3. The summed E-state index contributed by atoms with van der Waals surface area (Å²) in [6.07, 6.45) is -0.776. The van der Waals surface area contributed by atoms with Crippen LogP contribution in [0.1, 0.15) is 29.4 Å². The Morgan fingerprint density at radius 3 is 2.16 bits per heavy atom. The number of rotatable bonds is 13. The van der Waals surface area contributed by atoms with Crippen molar-refractivity contribution < 1.29 is 47.6 Å². The molecule has 4 aromatic carbocycles. The van der Waals surface area contributed by atoms with Crippen LogP contribution in [0.3, 0.4) is 0 Å². The third-order valence-corrected chi connectivity index (χ3v) is 8.80. The molecule has 0 spiro atoms. The number of hydrogen-bond acceptors (Lipinski definition) is 11. The van der Waals surface area contributed by atoms with Crippen LogP contribution >= 0.6 is 0 Å². The highest BCUT2D eigenvalue weighted by molar-refractivity contribution is 5.94. The molecule has 13 nitrogen and oxygen atoms in total. The Morgan fingerprint density at radius 1 is 0.840 bits per heavy atom. The van der Waals surface area contributed by atoms with Gasteiger partial charge in [0.05, 0.1) is 54.8 Å². The van der Waals surface area contributed by atoms with Crippen molar-refractivity contribution in [1.29, 1.82) is 0 Å². The maximum atomic E-state index is 11.9. The fourth-order valence-corrected chi connectivity index (χ4v) is 6.32. The van der Waals surface area contributed by atoms with E-state index >= 15 is 0 Å². The molecule has 0 aliphatic carbocycles. The number of ether oxygens (including phenoxy) is 7. The molecule has 2 atom stereocenters. The normalized spacial score (nSPS) is 15.8. The zero-order valence-corrected chi connectivity index (χ0v) is 28.5. The molecule has 50 heavy (non-hydrogen) atoms. The van der Waals surface area contributed by atoms with E-state index < -0.39 is 12.2 Å². The van der Waals surface area contributed by atoms with Crippen LogP contribution in [0.15, 0.2) is 71.3 Å². The summed E-state index contributed by atoms with van der Waals surface area (Å²) in [6, 6.07) is 20.9. The molecule has 6 rings (SSSR count). The number of piperidine rings is 1. The van der Waals surface area contributed by atoms with Crippen LogP contribution in [-0.4, -0.2) is 81.0 Å². The van der Waals surface area contributed by atoms with Crippen LogP contribution in [0, 0.1) is 0 Å². The number of fused-ring (bicyclic) bond motifs is 1. The lowest BCUT2D eigenvalue weighted by molar-refractivity contribution is -0.0204. The second-order valence-electron chi connectivity index (χ2n) is 11.6. The number of hydrogen-bond donors (Lipinski definition) is 1. The quantitative estimate of drug-likeness (QED) is 0.143. The smallest absolute Gasteiger partial charge is 0.407 e. The number of methoxy groups -OCH3 is 5. The number of amides is 1. The van der Waals surface area contributed by atoms with Gasteiger partial charge in [0.2, 0.25) is 11.6 Å². The summed E-state index contributed by atoms with van der Waals surface area (Å²) < 4.78 is 45.6. The molecule has 0 bridgehead atoms. The lowest BCUT2D eigenvalue weighted by Gasteiger charge is -2.37. The average Bonchev–Trinajstić information content (AvgIpc) is 3.64. The maximum Gasteiger partial charge on any atom is 0.407 e. The van der Waals surface area contributed by atoms with E-state index in [4.69, 9.17) is 37.7 Å². The highest BCUT2D eigenvalue weighted by Gasteiger charge is 2.33. The average molecular weight is 686 g/mol. The Labute approximate surface area is 289 Å². The molecule has 2 heterocycles. The first kappa shape index (κ1) is 34.2. The standard InChI is InChI=1S/C37H39N3O10/c1-43-29-18-24(34(46-4)28-9-7-6-8-27(28)29)20-49-32-19-40(37(41)42)15-14-26(32)22-10-12-25(13-11-22)48-21-33-38-36(39-50-33)23-16-30(44-2)35(47-5)31(17-23)45-3/h6-13,16-18,26,32H,14-15,19-21H2,1-5H3,(H,41,42). The van der Waals surface area contributed by atoms with Gasteiger partial charge in [0.15, 0.2) is 18.1 Å². The molecule has 1 saturated heterocycles. The van der Waals surface area contributed by atoms with Crippen LogP contribution < -0.4 is 28.4 Å². The summed E-state index contributed by atoms with van der Waals surface area (Å²) >= 11 is 0. The lowest BCUT2D eigenvalue weighted by Crippen LogP contribution is -2.46. The second-order valence-corrected chi connectivity index (χ2v) is 11.6. The Balaban J connectivity index is 1.15. The molecule has 1 N–H and O–H groups in total. The van der Waals surface area contributed by atoms with Gasteiger partial charge in [-0.05, 0) is 42.3 Å². The first-order chi connectivity index (χ1) is 24.4. The number of benzene rings is 4. The lowest BCUT2D eigenvalue weighted by atomic mass is 9.87. The number of likely N-dealkylation sites (tertiary alicyclic amines) is 1. The molecule has 1 amide bonds. The minimum absolute atomic E-state index is 0.0509. The summed E-state index contributed by atoms with van der Waals surface area (Å²) in [5, 5.41) is 15.7. The number of carboxylic acid groups (broad SMARTS) is 1. The molecular formula is C37H39N3O10. The highest BCUT2D eigenvalue weighted by Crippen LogP contribution is 2.41. The van der Waals surface area contributed by atoms with Crippen molar-refractivity contribution in [2.75, 3.05) is 48.6 Å². The maximum absolute atomic E-state index is 11.9. The third-order valence-electron chi connectivity index (χ3n) is 8.80. The van der Waals surface area contributed by atoms with Gasteiger partial charge in [-0.25, -0.2) is 4.79 Å². The molecule has 262 valence electrons. The van der Waals surface area contributed by atoms with Crippen molar-refractivity contribution in [3.63, 3.8) is 0 Å². The zero-order valence-electron chi connectivity index (χ0n) is 28.5.